The Hall–Kier alpha value is -2.18. The lowest BCUT2D eigenvalue weighted by Crippen LogP contribution is -2.49. The van der Waals surface area contributed by atoms with Crippen LogP contribution in [0.15, 0.2) is 18.5 Å². The lowest BCUT2D eigenvalue weighted by molar-refractivity contribution is -0.136. The first kappa shape index (κ1) is 13.8. The summed E-state index contributed by atoms with van der Waals surface area (Å²) in [6.07, 6.45) is 5.88. The van der Waals surface area contributed by atoms with Gasteiger partial charge in [-0.05, 0) is 12.5 Å². The van der Waals surface area contributed by atoms with E-state index in [0.29, 0.717) is 31.9 Å². The lowest BCUT2D eigenvalue weighted by Gasteiger charge is -2.33. The Labute approximate surface area is 122 Å². The molecule has 3 heterocycles. The predicted octanol–water partition coefficient (Wildman–Crippen LogP) is 0.125. The van der Waals surface area contributed by atoms with Crippen LogP contribution in [-0.2, 0) is 9.59 Å². The number of carbonyl (C=O) groups excluding carboxylic acids is 2. The van der Waals surface area contributed by atoms with Crippen molar-refractivity contribution in [1.82, 2.24) is 20.2 Å². The van der Waals surface area contributed by atoms with E-state index >= 15 is 0 Å². The average molecular weight is 290 g/mol. The second-order valence-electron chi connectivity index (χ2n) is 5.33. The molecule has 0 radical (unpaired) electrons. The molecule has 0 spiro atoms. The fraction of sp³-hybridized carbons (Fsp3) is 0.571. The van der Waals surface area contributed by atoms with Crippen molar-refractivity contribution in [2.45, 2.75) is 37.8 Å². The van der Waals surface area contributed by atoms with Gasteiger partial charge in [0.1, 0.15) is 12.1 Å². The van der Waals surface area contributed by atoms with Crippen molar-refractivity contribution < 1.29 is 14.3 Å². The van der Waals surface area contributed by atoms with Gasteiger partial charge in [-0.3, -0.25) is 9.59 Å². The van der Waals surface area contributed by atoms with E-state index in [0.717, 1.165) is 12.8 Å². The van der Waals surface area contributed by atoms with Gasteiger partial charge in [-0.2, -0.15) is 0 Å². The fourth-order valence-corrected chi connectivity index (χ4v) is 2.71. The Balaban J connectivity index is 1.49. The molecule has 0 aromatic carbocycles. The van der Waals surface area contributed by atoms with Crippen LogP contribution in [0.5, 0.6) is 6.01 Å². The molecule has 21 heavy (non-hydrogen) atoms. The van der Waals surface area contributed by atoms with E-state index in [1.54, 1.807) is 18.5 Å². The van der Waals surface area contributed by atoms with E-state index in [2.05, 4.69) is 15.3 Å². The molecule has 0 aliphatic carbocycles. The number of nitrogens with one attached hydrogen (secondary N) is 1. The normalized spacial score (nSPS) is 23.0. The molecule has 3 rings (SSSR count). The van der Waals surface area contributed by atoms with Gasteiger partial charge >= 0.3 is 6.01 Å². The van der Waals surface area contributed by atoms with Crippen LogP contribution in [0, 0.1) is 0 Å². The molecule has 2 aliphatic heterocycles. The standard InChI is InChI=1S/C14H18N4O3/c19-12-3-2-11(17-12)13(20)18-8-4-10(5-9-18)21-14-15-6-1-7-16-14/h1,6-7,10-11H,2-5,8-9H2,(H,17,19). The van der Waals surface area contributed by atoms with Crippen molar-refractivity contribution in [2.75, 3.05) is 13.1 Å². The first-order chi connectivity index (χ1) is 10.2. The third kappa shape index (κ3) is 3.29. The van der Waals surface area contributed by atoms with Gasteiger partial charge < -0.3 is 15.0 Å². The first-order valence-corrected chi connectivity index (χ1v) is 7.24. The maximum atomic E-state index is 12.3. The molecular formula is C14H18N4O3. The highest BCUT2D eigenvalue weighted by molar-refractivity contribution is 5.90. The molecule has 1 aromatic rings. The topological polar surface area (TPSA) is 84.4 Å². The van der Waals surface area contributed by atoms with Crippen molar-refractivity contribution in [1.29, 1.82) is 0 Å². The summed E-state index contributed by atoms with van der Waals surface area (Å²) < 4.78 is 5.70. The number of amides is 2. The van der Waals surface area contributed by atoms with Crippen LogP contribution in [0.1, 0.15) is 25.7 Å². The monoisotopic (exact) mass is 290 g/mol. The SMILES string of the molecule is O=C1CCC(C(=O)N2CCC(Oc3ncccn3)CC2)N1. The zero-order valence-corrected chi connectivity index (χ0v) is 11.7. The van der Waals surface area contributed by atoms with Crippen LogP contribution in [-0.4, -0.2) is 51.9 Å². The van der Waals surface area contributed by atoms with Gasteiger partial charge in [-0.25, -0.2) is 9.97 Å². The van der Waals surface area contributed by atoms with E-state index in [-0.39, 0.29) is 24.0 Å². The van der Waals surface area contributed by atoms with Crippen LogP contribution in [0.2, 0.25) is 0 Å². The molecule has 0 saturated carbocycles. The van der Waals surface area contributed by atoms with Gasteiger partial charge in [0.15, 0.2) is 0 Å². The largest absolute Gasteiger partial charge is 0.460 e. The maximum Gasteiger partial charge on any atom is 0.316 e. The van der Waals surface area contributed by atoms with Gasteiger partial charge in [-0.1, -0.05) is 0 Å². The molecule has 2 aliphatic rings. The number of hydrogen-bond acceptors (Lipinski definition) is 5. The molecule has 7 heteroatoms. The van der Waals surface area contributed by atoms with E-state index < -0.39 is 0 Å². The third-order valence-corrected chi connectivity index (χ3v) is 3.86. The number of ether oxygens (including phenoxy) is 1. The molecule has 2 saturated heterocycles. The van der Waals surface area contributed by atoms with Crippen molar-refractivity contribution >= 4 is 11.8 Å². The smallest absolute Gasteiger partial charge is 0.316 e. The highest BCUT2D eigenvalue weighted by atomic mass is 16.5. The van der Waals surface area contributed by atoms with Gasteiger partial charge in [0.2, 0.25) is 11.8 Å². The molecule has 1 aromatic heterocycles. The quantitative estimate of drug-likeness (QED) is 0.855. The summed E-state index contributed by atoms with van der Waals surface area (Å²) in [6.45, 7) is 1.28. The van der Waals surface area contributed by atoms with Crippen LogP contribution >= 0.6 is 0 Å². The second-order valence-corrected chi connectivity index (χ2v) is 5.33. The Morgan fingerprint density at radius 2 is 1.95 bits per heavy atom. The number of likely N-dealkylation sites (tertiary alicyclic amines) is 1. The molecule has 7 nitrogen and oxygen atoms in total. The lowest BCUT2D eigenvalue weighted by atomic mass is 10.1. The Morgan fingerprint density at radius 3 is 2.57 bits per heavy atom. The maximum absolute atomic E-state index is 12.3. The number of carbonyl (C=O) groups is 2. The highest BCUT2D eigenvalue weighted by Crippen LogP contribution is 2.18. The van der Waals surface area contributed by atoms with E-state index in [4.69, 9.17) is 4.74 Å². The zero-order chi connectivity index (χ0) is 14.7. The molecule has 112 valence electrons. The van der Waals surface area contributed by atoms with Crippen molar-refractivity contribution in [3.63, 3.8) is 0 Å². The van der Waals surface area contributed by atoms with Crippen molar-refractivity contribution in [2.24, 2.45) is 0 Å². The third-order valence-electron chi connectivity index (χ3n) is 3.86. The molecule has 1 atom stereocenters. The highest BCUT2D eigenvalue weighted by Gasteiger charge is 2.33. The van der Waals surface area contributed by atoms with E-state index in [1.165, 1.54) is 0 Å². The molecule has 2 fully saturated rings. The number of aromatic nitrogens is 2. The molecule has 0 bridgehead atoms. The number of rotatable bonds is 3. The van der Waals surface area contributed by atoms with Gasteiger partial charge in [0.05, 0.1) is 0 Å². The summed E-state index contributed by atoms with van der Waals surface area (Å²) in [4.78, 5) is 33.3. The summed E-state index contributed by atoms with van der Waals surface area (Å²) in [6, 6.07) is 1.78. The summed E-state index contributed by atoms with van der Waals surface area (Å²) in [7, 11) is 0. The van der Waals surface area contributed by atoms with Crippen molar-refractivity contribution in [3.8, 4) is 6.01 Å². The number of nitrogens with zero attached hydrogens (tertiary/aromatic N) is 3. The van der Waals surface area contributed by atoms with Crippen molar-refractivity contribution in [3.05, 3.63) is 18.5 Å². The Bertz CT molecular complexity index is 514. The fourth-order valence-electron chi connectivity index (χ4n) is 2.71. The zero-order valence-electron chi connectivity index (χ0n) is 11.7. The van der Waals surface area contributed by atoms with Crippen LogP contribution in [0.4, 0.5) is 0 Å². The Kier molecular flexibility index (Phi) is 3.98. The molecule has 2 amide bonds. The summed E-state index contributed by atoms with van der Waals surface area (Å²) in [5, 5.41) is 2.72. The number of hydrogen-bond donors (Lipinski definition) is 1. The van der Waals surface area contributed by atoms with Crippen LogP contribution in [0.25, 0.3) is 0 Å². The van der Waals surface area contributed by atoms with Gasteiger partial charge in [0, 0.05) is 44.7 Å². The first-order valence-electron chi connectivity index (χ1n) is 7.24. The minimum Gasteiger partial charge on any atom is -0.460 e. The summed E-state index contributed by atoms with van der Waals surface area (Å²) >= 11 is 0. The van der Waals surface area contributed by atoms with Gasteiger partial charge in [0.25, 0.3) is 0 Å². The summed E-state index contributed by atoms with van der Waals surface area (Å²) in [5.41, 5.74) is 0. The minimum atomic E-state index is -0.340. The van der Waals surface area contributed by atoms with Crippen LogP contribution < -0.4 is 10.1 Å². The molecule has 1 unspecified atom stereocenters. The molecular weight excluding hydrogens is 272 g/mol. The molecule has 1 N–H and O–H groups in total. The minimum absolute atomic E-state index is 0.0234. The van der Waals surface area contributed by atoms with E-state index in [1.807, 2.05) is 4.90 Å². The van der Waals surface area contributed by atoms with Crippen LogP contribution in [0.3, 0.4) is 0 Å². The van der Waals surface area contributed by atoms with Gasteiger partial charge in [-0.15, -0.1) is 0 Å². The average Bonchev–Trinajstić information content (AvgIpc) is 2.95. The summed E-state index contributed by atoms with van der Waals surface area (Å²) in [5.74, 6) is -0.0111. The predicted molar refractivity (Wildman–Crippen MR) is 73.4 cm³/mol. The van der Waals surface area contributed by atoms with E-state index in [9.17, 15) is 9.59 Å². The Morgan fingerprint density at radius 1 is 1.24 bits per heavy atom. The number of piperidine rings is 1. The second kappa shape index (κ2) is 6.07.